The number of hydrogen-bond acceptors (Lipinski definition) is 4. The number of nitrogens with one attached hydrogen (secondary N) is 1. The second kappa shape index (κ2) is 8.37. The van der Waals surface area contributed by atoms with Gasteiger partial charge >= 0.3 is 0 Å². The molecule has 0 fully saturated rings. The number of fused-ring (bicyclic) bond motifs is 1. The second-order valence-electron chi connectivity index (χ2n) is 6.06. The fourth-order valence-electron chi connectivity index (χ4n) is 2.97. The van der Waals surface area contributed by atoms with E-state index in [-0.39, 0.29) is 11.4 Å². The lowest BCUT2D eigenvalue weighted by atomic mass is 10.0. The lowest BCUT2D eigenvalue weighted by Crippen LogP contribution is -2.31. The summed E-state index contributed by atoms with van der Waals surface area (Å²) in [5.41, 5.74) is 2.75. The molecule has 6 heteroatoms. The van der Waals surface area contributed by atoms with Crippen LogP contribution < -0.4 is 9.46 Å². The third kappa shape index (κ3) is 4.44. The van der Waals surface area contributed by atoms with Crippen molar-refractivity contribution in [1.82, 2.24) is 9.62 Å². The van der Waals surface area contributed by atoms with E-state index < -0.39 is 10.0 Å². The smallest absolute Gasteiger partial charge is 0.245 e. The van der Waals surface area contributed by atoms with Crippen molar-refractivity contribution < 1.29 is 13.2 Å². The summed E-state index contributed by atoms with van der Waals surface area (Å²) in [6.45, 7) is 2.56. The molecule has 2 aromatic carbocycles. The summed E-state index contributed by atoms with van der Waals surface area (Å²) >= 11 is 0. The van der Waals surface area contributed by atoms with Gasteiger partial charge in [0.1, 0.15) is 10.6 Å². The number of para-hydroxylation sites is 1. The molecule has 2 aromatic rings. The minimum Gasteiger partial charge on any atom is -0.495 e. The molecule has 0 saturated carbocycles. The minimum absolute atomic E-state index is 0.0742. The molecule has 5 nitrogen and oxygen atoms in total. The Morgan fingerprint density at radius 3 is 2.62 bits per heavy atom. The molecule has 0 unspecified atom stereocenters. The van der Waals surface area contributed by atoms with Crippen molar-refractivity contribution in [2.45, 2.75) is 17.9 Å². The van der Waals surface area contributed by atoms with E-state index >= 15 is 0 Å². The van der Waals surface area contributed by atoms with Crippen LogP contribution in [0.4, 0.5) is 0 Å². The van der Waals surface area contributed by atoms with E-state index in [1.807, 2.05) is 0 Å². The quantitative estimate of drug-likeness (QED) is 0.819. The zero-order valence-electron chi connectivity index (χ0n) is 14.7. The third-order valence-corrected chi connectivity index (χ3v) is 5.79. The van der Waals surface area contributed by atoms with Crippen LogP contribution in [0.25, 0.3) is 0 Å². The molecule has 0 aromatic heterocycles. The van der Waals surface area contributed by atoms with Crippen LogP contribution in [0.15, 0.2) is 53.4 Å². The maximum atomic E-state index is 12.3. The first-order valence-electron chi connectivity index (χ1n) is 8.48. The summed E-state index contributed by atoms with van der Waals surface area (Å²) in [6, 6.07) is 15.0. The molecule has 1 N–H and O–H groups in total. The number of sulfonamides is 1. The van der Waals surface area contributed by atoms with E-state index in [9.17, 15) is 8.42 Å². The van der Waals surface area contributed by atoms with Gasteiger partial charge in [0.2, 0.25) is 10.0 Å². The first-order chi connectivity index (χ1) is 12.6. The maximum absolute atomic E-state index is 12.3. The van der Waals surface area contributed by atoms with Gasteiger partial charge in [0.05, 0.1) is 20.2 Å². The van der Waals surface area contributed by atoms with Crippen LogP contribution in [0.1, 0.15) is 11.1 Å². The van der Waals surface area contributed by atoms with E-state index in [4.69, 9.17) is 4.74 Å². The molecule has 0 atom stereocenters. The van der Waals surface area contributed by atoms with Crippen molar-refractivity contribution in [2.75, 3.05) is 26.7 Å². The first-order valence-corrected chi connectivity index (χ1v) is 9.96. The average Bonchev–Trinajstić information content (AvgIpc) is 2.67. The van der Waals surface area contributed by atoms with E-state index in [0.717, 1.165) is 19.5 Å². The Bertz CT molecular complexity index is 929. The predicted octanol–water partition coefficient (Wildman–Crippen LogP) is 2.04. The monoisotopic (exact) mass is 370 g/mol. The van der Waals surface area contributed by atoms with Gasteiger partial charge < -0.3 is 4.74 Å². The minimum atomic E-state index is -3.64. The van der Waals surface area contributed by atoms with Gasteiger partial charge in [-0.25, -0.2) is 8.42 Å². The Balaban J connectivity index is 1.53. The highest BCUT2D eigenvalue weighted by atomic mass is 32.2. The van der Waals surface area contributed by atoms with Crippen LogP contribution in [-0.2, 0) is 23.0 Å². The maximum Gasteiger partial charge on any atom is 0.245 e. The number of rotatable bonds is 5. The molecule has 1 aliphatic heterocycles. The Kier molecular flexibility index (Phi) is 5.94. The number of methoxy groups -OCH3 is 1. The van der Waals surface area contributed by atoms with Gasteiger partial charge in [-0.15, -0.1) is 0 Å². The summed E-state index contributed by atoms with van der Waals surface area (Å²) in [4.78, 5) is 2.39. The zero-order chi connectivity index (χ0) is 18.4. The lowest BCUT2D eigenvalue weighted by molar-refractivity contribution is 0.286. The molecule has 0 saturated heterocycles. The van der Waals surface area contributed by atoms with E-state index in [0.29, 0.717) is 12.3 Å². The Hall–Kier alpha value is -2.33. The lowest BCUT2D eigenvalue weighted by Gasteiger charge is -2.26. The van der Waals surface area contributed by atoms with Gasteiger partial charge in [-0.1, -0.05) is 48.2 Å². The van der Waals surface area contributed by atoms with Gasteiger partial charge in [0.25, 0.3) is 0 Å². The highest BCUT2D eigenvalue weighted by molar-refractivity contribution is 7.89. The van der Waals surface area contributed by atoms with Crippen molar-refractivity contribution in [1.29, 1.82) is 0 Å². The van der Waals surface area contributed by atoms with Crippen LogP contribution in [-0.4, -0.2) is 40.1 Å². The molecule has 0 aliphatic carbocycles. The molecule has 136 valence electrons. The molecule has 0 radical (unpaired) electrons. The van der Waals surface area contributed by atoms with E-state index in [2.05, 4.69) is 45.7 Å². The van der Waals surface area contributed by atoms with Gasteiger partial charge in [0, 0.05) is 13.1 Å². The normalized spacial score (nSPS) is 14.2. The van der Waals surface area contributed by atoms with Crippen molar-refractivity contribution in [3.05, 3.63) is 59.7 Å². The first kappa shape index (κ1) is 18.5. The summed E-state index contributed by atoms with van der Waals surface area (Å²) in [6.07, 6.45) is 1.03. The molecule has 3 rings (SSSR count). The van der Waals surface area contributed by atoms with Crippen molar-refractivity contribution >= 4 is 10.0 Å². The third-order valence-electron chi connectivity index (χ3n) is 4.35. The van der Waals surface area contributed by atoms with Gasteiger partial charge in [0.15, 0.2) is 0 Å². The van der Waals surface area contributed by atoms with Crippen LogP contribution >= 0.6 is 0 Å². The fourth-order valence-corrected chi connectivity index (χ4v) is 4.06. The standard InChI is InChI=1S/C20H22N2O3S/c1-25-19-10-4-5-11-20(19)26(23,24)21-13-6-7-14-22-15-12-17-8-2-3-9-18(17)16-22/h2-5,8-11,21H,12-16H2,1H3. The SMILES string of the molecule is COc1ccccc1S(=O)(=O)NCC#CCN1CCc2ccccc2C1. The molecule has 0 amide bonds. The predicted molar refractivity (Wildman–Crippen MR) is 101 cm³/mol. The van der Waals surface area contributed by atoms with Crippen LogP contribution in [0, 0.1) is 11.8 Å². The number of nitrogens with zero attached hydrogens (tertiary/aromatic N) is 1. The Morgan fingerprint density at radius 2 is 1.81 bits per heavy atom. The largest absolute Gasteiger partial charge is 0.495 e. The fraction of sp³-hybridized carbons (Fsp3) is 0.300. The molecular weight excluding hydrogens is 348 g/mol. The highest BCUT2D eigenvalue weighted by Crippen LogP contribution is 2.22. The van der Waals surface area contributed by atoms with Gasteiger partial charge in [-0.05, 0) is 29.7 Å². The molecular formula is C20H22N2O3S. The van der Waals surface area contributed by atoms with Crippen LogP contribution in [0.3, 0.4) is 0 Å². The molecule has 0 spiro atoms. The van der Waals surface area contributed by atoms with Gasteiger partial charge in [-0.2, -0.15) is 4.72 Å². The summed E-state index contributed by atoms with van der Waals surface area (Å²) < 4.78 is 32.3. The summed E-state index contributed by atoms with van der Waals surface area (Å²) in [5.74, 6) is 6.27. The van der Waals surface area contributed by atoms with Crippen LogP contribution in [0.5, 0.6) is 5.75 Å². The second-order valence-corrected chi connectivity index (χ2v) is 7.79. The highest BCUT2D eigenvalue weighted by Gasteiger charge is 2.18. The van der Waals surface area contributed by atoms with E-state index in [1.54, 1.807) is 18.2 Å². The number of hydrogen-bond donors (Lipinski definition) is 1. The Morgan fingerprint density at radius 1 is 1.08 bits per heavy atom. The van der Waals surface area contributed by atoms with E-state index in [1.165, 1.54) is 24.3 Å². The number of benzene rings is 2. The summed E-state index contributed by atoms with van der Waals surface area (Å²) in [7, 11) is -2.19. The molecule has 1 heterocycles. The number of ether oxygens (including phenoxy) is 1. The molecule has 1 aliphatic rings. The van der Waals surface area contributed by atoms with Crippen molar-refractivity contribution in [3.63, 3.8) is 0 Å². The van der Waals surface area contributed by atoms with Crippen LogP contribution in [0.2, 0.25) is 0 Å². The van der Waals surface area contributed by atoms with Crippen molar-refractivity contribution in [2.24, 2.45) is 0 Å². The summed E-state index contributed by atoms with van der Waals surface area (Å²) in [5, 5.41) is 0. The van der Waals surface area contributed by atoms with Gasteiger partial charge in [-0.3, -0.25) is 4.90 Å². The average molecular weight is 370 g/mol. The zero-order valence-corrected chi connectivity index (χ0v) is 15.6. The molecule has 0 bridgehead atoms. The molecule has 26 heavy (non-hydrogen) atoms. The Labute approximate surface area is 155 Å². The van der Waals surface area contributed by atoms with Crippen molar-refractivity contribution in [3.8, 4) is 17.6 Å². The topological polar surface area (TPSA) is 58.6 Å².